The third-order valence-electron chi connectivity index (χ3n) is 2.70. The zero-order chi connectivity index (χ0) is 14.3. The Bertz CT molecular complexity index is 501. The molecule has 19 heavy (non-hydrogen) atoms. The Morgan fingerprint density at radius 2 is 2.05 bits per heavy atom. The van der Waals surface area contributed by atoms with Crippen LogP contribution >= 0.6 is 24.0 Å². The molecule has 1 N–H and O–H groups in total. The minimum Gasteiger partial charge on any atom is -0.381 e. The van der Waals surface area contributed by atoms with E-state index in [4.69, 9.17) is 12.2 Å². The molecule has 2 nitrogen and oxygen atoms in total. The summed E-state index contributed by atoms with van der Waals surface area (Å²) in [5, 5.41) is 12.6. The van der Waals surface area contributed by atoms with Crippen LogP contribution in [0.25, 0.3) is 0 Å². The first-order chi connectivity index (χ1) is 9.10. The van der Waals surface area contributed by atoms with E-state index in [1.807, 2.05) is 32.0 Å². The molecular formula is C15H18N2S2. The predicted octanol–water partition coefficient (Wildman–Crippen LogP) is 4.22. The minimum absolute atomic E-state index is 0.152. The van der Waals surface area contributed by atoms with Crippen molar-refractivity contribution in [2.45, 2.75) is 26.8 Å². The number of allylic oxidation sites excluding steroid dienone is 1. The number of hydrogen-bond donors (Lipinski definition) is 1. The van der Waals surface area contributed by atoms with Crippen LogP contribution in [0.1, 0.15) is 32.4 Å². The molecule has 1 aromatic rings. The largest absolute Gasteiger partial charge is 0.381 e. The zero-order valence-electron chi connectivity index (χ0n) is 11.4. The average Bonchev–Trinajstić information content (AvgIpc) is 2.40. The fourth-order valence-electron chi connectivity index (χ4n) is 1.71. The molecular weight excluding hydrogens is 272 g/mol. The van der Waals surface area contributed by atoms with Crippen molar-refractivity contribution in [1.82, 2.24) is 5.32 Å². The first kappa shape index (κ1) is 15.7. The van der Waals surface area contributed by atoms with Crippen LogP contribution in [0.15, 0.2) is 41.6 Å². The summed E-state index contributed by atoms with van der Waals surface area (Å²) in [6, 6.07) is 12.5. The molecule has 0 unspecified atom stereocenters. The summed E-state index contributed by atoms with van der Waals surface area (Å²) in [6.45, 7) is 6.01. The average molecular weight is 290 g/mol. The standard InChI is InChI=1S/C15H18N2S2/c1-4-19-15(18)14(10-16)12(3)17-11(2)13-8-6-5-7-9-13/h5-9,11,17H,4H2,1-3H3/b14-12-/t11-/m0/s1. The summed E-state index contributed by atoms with van der Waals surface area (Å²) in [5.41, 5.74) is 2.60. The Labute approximate surface area is 124 Å². The predicted molar refractivity (Wildman–Crippen MR) is 87.0 cm³/mol. The van der Waals surface area contributed by atoms with Crippen LogP contribution in [-0.4, -0.2) is 9.95 Å². The first-order valence-electron chi connectivity index (χ1n) is 6.19. The number of nitriles is 1. The van der Waals surface area contributed by atoms with Crippen LogP contribution in [0.5, 0.6) is 0 Å². The normalized spacial score (nSPS) is 13.2. The number of nitrogens with zero attached hydrogens (tertiary/aromatic N) is 1. The first-order valence-corrected chi connectivity index (χ1v) is 7.59. The monoisotopic (exact) mass is 290 g/mol. The number of thiocarbonyl (C=S) groups is 1. The van der Waals surface area contributed by atoms with Crippen molar-refractivity contribution in [2.24, 2.45) is 0 Å². The van der Waals surface area contributed by atoms with Gasteiger partial charge in [-0.1, -0.05) is 49.5 Å². The molecule has 0 aliphatic carbocycles. The van der Waals surface area contributed by atoms with Crippen molar-refractivity contribution in [3.63, 3.8) is 0 Å². The molecule has 0 aliphatic heterocycles. The third-order valence-corrected chi connectivity index (χ3v) is 4.01. The lowest BCUT2D eigenvalue weighted by Gasteiger charge is -2.17. The van der Waals surface area contributed by atoms with Gasteiger partial charge in [-0.2, -0.15) is 5.26 Å². The lowest BCUT2D eigenvalue weighted by Crippen LogP contribution is -2.19. The molecule has 0 amide bonds. The van der Waals surface area contributed by atoms with Crippen molar-refractivity contribution in [3.8, 4) is 6.07 Å². The Morgan fingerprint density at radius 1 is 1.42 bits per heavy atom. The number of hydrogen-bond acceptors (Lipinski definition) is 4. The third kappa shape index (κ3) is 4.70. The second kappa shape index (κ2) is 7.98. The molecule has 0 aromatic heterocycles. The number of benzene rings is 1. The fourth-order valence-corrected chi connectivity index (χ4v) is 2.87. The Morgan fingerprint density at radius 3 is 2.58 bits per heavy atom. The fraction of sp³-hybridized carbons (Fsp3) is 0.333. The van der Waals surface area contributed by atoms with E-state index < -0.39 is 0 Å². The van der Waals surface area contributed by atoms with E-state index in [0.29, 0.717) is 9.77 Å². The number of rotatable bonds is 5. The van der Waals surface area contributed by atoms with Crippen molar-refractivity contribution in [1.29, 1.82) is 5.26 Å². The van der Waals surface area contributed by atoms with Gasteiger partial charge in [0.25, 0.3) is 0 Å². The Balaban J connectivity index is 2.85. The van der Waals surface area contributed by atoms with Gasteiger partial charge in [0, 0.05) is 11.7 Å². The van der Waals surface area contributed by atoms with Gasteiger partial charge in [-0.15, -0.1) is 11.8 Å². The Kier molecular flexibility index (Phi) is 6.61. The molecule has 0 aliphatic rings. The van der Waals surface area contributed by atoms with Crippen LogP contribution < -0.4 is 5.32 Å². The van der Waals surface area contributed by atoms with E-state index in [0.717, 1.165) is 11.4 Å². The number of thioether (sulfide) groups is 1. The minimum atomic E-state index is 0.152. The molecule has 0 spiro atoms. The topological polar surface area (TPSA) is 35.8 Å². The highest BCUT2D eigenvalue weighted by atomic mass is 32.2. The second-order valence-corrected chi connectivity index (χ2v) is 6.05. The maximum atomic E-state index is 9.23. The van der Waals surface area contributed by atoms with Crippen LogP contribution in [0.2, 0.25) is 0 Å². The van der Waals surface area contributed by atoms with Crippen LogP contribution in [0.3, 0.4) is 0 Å². The SMILES string of the molecule is CCSC(=S)/C(C#N)=C(/C)N[C@@H](C)c1ccccc1. The second-order valence-electron chi connectivity index (χ2n) is 4.11. The van der Waals surface area contributed by atoms with E-state index in [2.05, 4.69) is 30.4 Å². The molecule has 1 rings (SSSR count). The van der Waals surface area contributed by atoms with Crippen LogP contribution in [0, 0.1) is 11.3 Å². The molecule has 0 saturated carbocycles. The molecule has 1 aromatic carbocycles. The van der Waals surface area contributed by atoms with Gasteiger partial charge >= 0.3 is 0 Å². The zero-order valence-corrected chi connectivity index (χ0v) is 13.1. The molecule has 0 bridgehead atoms. The molecule has 0 heterocycles. The summed E-state index contributed by atoms with van der Waals surface area (Å²) in [7, 11) is 0. The lowest BCUT2D eigenvalue weighted by atomic mass is 10.1. The van der Waals surface area contributed by atoms with Gasteiger partial charge in [-0.25, -0.2) is 0 Å². The van der Waals surface area contributed by atoms with Gasteiger partial charge in [0.05, 0.1) is 9.77 Å². The van der Waals surface area contributed by atoms with Gasteiger partial charge in [-0.3, -0.25) is 0 Å². The summed E-state index contributed by atoms with van der Waals surface area (Å²) >= 11 is 6.79. The van der Waals surface area contributed by atoms with E-state index in [-0.39, 0.29) is 6.04 Å². The van der Waals surface area contributed by atoms with Gasteiger partial charge < -0.3 is 5.32 Å². The van der Waals surface area contributed by atoms with Crippen LogP contribution in [-0.2, 0) is 0 Å². The Hall–Kier alpha value is -1.31. The summed E-state index contributed by atoms with van der Waals surface area (Å²) in [4.78, 5) is 0. The van der Waals surface area contributed by atoms with Crippen molar-refractivity contribution in [3.05, 3.63) is 47.2 Å². The van der Waals surface area contributed by atoms with Gasteiger partial charge in [0.1, 0.15) is 6.07 Å². The molecule has 0 radical (unpaired) electrons. The van der Waals surface area contributed by atoms with Gasteiger partial charge in [0.15, 0.2) is 0 Å². The molecule has 100 valence electrons. The molecule has 0 saturated heterocycles. The molecule has 0 fully saturated rings. The molecule has 1 atom stereocenters. The maximum Gasteiger partial charge on any atom is 0.103 e. The lowest BCUT2D eigenvalue weighted by molar-refractivity contribution is 0.652. The van der Waals surface area contributed by atoms with Crippen LogP contribution in [0.4, 0.5) is 0 Å². The highest BCUT2D eigenvalue weighted by Gasteiger charge is 2.11. The summed E-state index contributed by atoms with van der Waals surface area (Å²) < 4.78 is 0.662. The number of nitrogens with one attached hydrogen (secondary N) is 1. The maximum absolute atomic E-state index is 9.23. The van der Waals surface area contributed by atoms with Gasteiger partial charge in [0.2, 0.25) is 0 Å². The smallest absolute Gasteiger partial charge is 0.103 e. The van der Waals surface area contributed by atoms with Crippen molar-refractivity contribution < 1.29 is 0 Å². The summed E-state index contributed by atoms with van der Waals surface area (Å²) in [6.07, 6.45) is 0. The quantitative estimate of drug-likeness (QED) is 0.500. The van der Waals surface area contributed by atoms with E-state index in [1.165, 1.54) is 17.3 Å². The highest BCUT2D eigenvalue weighted by Crippen LogP contribution is 2.18. The van der Waals surface area contributed by atoms with Gasteiger partial charge in [-0.05, 0) is 25.2 Å². The van der Waals surface area contributed by atoms with Crippen molar-refractivity contribution in [2.75, 3.05) is 5.75 Å². The summed E-state index contributed by atoms with van der Waals surface area (Å²) in [5.74, 6) is 0.880. The van der Waals surface area contributed by atoms with E-state index >= 15 is 0 Å². The van der Waals surface area contributed by atoms with Crippen molar-refractivity contribution >= 4 is 28.2 Å². The van der Waals surface area contributed by atoms with E-state index in [1.54, 1.807) is 0 Å². The molecule has 4 heteroatoms. The highest BCUT2D eigenvalue weighted by molar-refractivity contribution is 8.23. The van der Waals surface area contributed by atoms with E-state index in [9.17, 15) is 5.26 Å².